The van der Waals surface area contributed by atoms with E-state index in [2.05, 4.69) is 11.9 Å². The molecule has 54 valence electrons. The van der Waals surface area contributed by atoms with Gasteiger partial charge in [0.15, 0.2) is 0 Å². The normalized spacial score (nSPS) is 9.44. The smallest absolute Gasteiger partial charge is 0.0207 e. The highest BCUT2D eigenvalue weighted by Gasteiger charge is 1.83. The molecule has 0 aromatic heterocycles. The molecule has 2 N–H and O–H groups in total. The van der Waals surface area contributed by atoms with E-state index < -0.39 is 0 Å². The molecule has 0 bridgehead atoms. The van der Waals surface area contributed by atoms with Crippen LogP contribution in [0.2, 0.25) is 0 Å². The van der Waals surface area contributed by atoms with Crippen LogP contribution in [-0.2, 0) is 0 Å². The van der Waals surface area contributed by atoms with Gasteiger partial charge in [0, 0.05) is 12.3 Å². The highest BCUT2D eigenvalue weighted by molar-refractivity contribution is 7.93. The summed E-state index contributed by atoms with van der Waals surface area (Å²) in [6, 6.07) is 0. The average molecular weight is 147 g/mol. The molecule has 0 fully saturated rings. The Morgan fingerprint density at radius 1 is 1.67 bits per heavy atom. The maximum absolute atomic E-state index is 8.29. The fraction of sp³-hybridized carbons (Fsp3) is 0.667. The molecule has 0 saturated carbocycles. The van der Waals surface area contributed by atoms with Gasteiger partial charge in [-0.05, 0) is 25.0 Å². The third-order valence-corrected chi connectivity index (χ3v) is 1.35. The van der Waals surface area contributed by atoms with Crippen molar-refractivity contribution in [2.75, 3.05) is 18.8 Å². The number of hydrogen-bond acceptors (Lipinski definition) is 3. The van der Waals surface area contributed by atoms with Crippen molar-refractivity contribution in [3.05, 3.63) is 12.7 Å². The van der Waals surface area contributed by atoms with Gasteiger partial charge >= 0.3 is 0 Å². The van der Waals surface area contributed by atoms with Gasteiger partial charge in [0.2, 0.25) is 0 Å². The first-order valence-electron chi connectivity index (χ1n) is 2.99. The molecule has 0 aromatic rings. The summed E-state index contributed by atoms with van der Waals surface area (Å²) < 4.78 is 8.29. The van der Waals surface area contributed by atoms with E-state index >= 15 is 0 Å². The molecule has 0 aromatic carbocycles. The lowest BCUT2D eigenvalue weighted by atomic mass is 10.5. The molecule has 0 atom stereocenters. The maximum Gasteiger partial charge on any atom is 0.0207 e. The second-order valence-electron chi connectivity index (χ2n) is 1.68. The molecule has 2 nitrogen and oxygen atoms in total. The van der Waals surface area contributed by atoms with Gasteiger partial charge in [0.1, 0.15) is 0 Å². The van der Waals surface area contributed by atoms with Crippen molar-refractivity contribution in [3.63, 3.8) is 0 Å². The molecular formula is C6H13NOS. The predicted molar refractivity (Wildman–Crippen MR) is 42.8 cm³/mol. The third-order valence-electron chi connectivity index (χ3n) is 0.878. The highest BCUT2D eigenvalue weighted by atomic mass is 32.2. The van der Waals surface area contributed by atoms with Crippen LogP contribution >= 0.6 is 12.0 Å². The van der Waals surface area contributed by atoms with Gasteiger partial charge in [-0.3, -0.25) is 0 Å². The van der Waals surface area contributed by atoms with Crippen molar-refractivity contribution >= 4 is 12.0 Å². The molecule has 3 heteroatoms. The van der Waals surface area contributed by atoms with Crippen LogP contribution in [0.15, 0.2) is 12.7 Å². The average Bonchev–Trinajstić information content (AvgIpc) is 1.89. The molecule has 0 unspecified atom stereocenters. The second kappa shape index (κ2) is 8.01. The van der Waals surface area contributed by atoms with E-state index in [0.717, 1.165) is 37.3 Å². The van der Waals surface area contributed by atoms with Crippen molar-refractivity contribution in [3.8, 4) is 0 Å². The Morgan fingerprint density at radius 3 is 3.00 bits per heavy atom. The van der Waals surface area contributed by atoms with Gasteiger partial charge < -0.3 is 9.87 Å². The van der Waals surface area contributed by atoms with Crippen LogP contribution < -0.4 is 5.32 Å². The lowest BCUT2D eigenvalue weighted by molar-refractivity contribution is 0.655. The number of nitrogens with one attached hydrogen (secondary N) is 1. The van der Waals surface area contributed by atoms with E-state index in [9.17, 15) is 0 Å². The summed E-state index contributed by atoms with van der Waals surface area (Å²) in [5, 5.41) is 3.13. The minimum atomic E-state index is 0.810. The summed E-state index contributed by atoms with van der Waals surface area (Å²) in [7, 11) is 0. The SMILES string of the molecule is C=CCNCCCSO. The van der Waals surface area contributed by atoms with Crippen LogP contribution in [0.3, 0.4) is 0 Å². The molecule has 0 aliphatic heterocycles. The zero-order chi connectivity index (χ0) is 6.95. The van der Waals surface area contributed by atoms with Gasteiger partial charge in [0.25, 0.3) is 0 Å². The van der Waals surface area contributed by atoms with Crippen LogP contribution in [0.4, 0.5) is 0 Å². The molecule has 0 aliphatic rings. The molecule has 0 aliphatic carbocycles. The monoisotopic (exact) mass is 147 g/mol. The largest absolute Gasteiger partial charge is 0.330 e. The molecule has 0 radical (unpaired) electrons. The van der Waals surface area contributed by atoms with Gasteiger partial charge in [0.05, 0.1) is 0 Å². The van der Waals surface area contributed by atoms with E-state index in [1.54, 1.807) is 0 Å². The summed E-state index contributed by atoms with van der Waals surface area (Å²) in [6.07, 6.45) is 2.83. The van der Waals surface area contributed by atoms with Crippen LogP contribution in [0.25, 0.3) is 0 Å². The van der Waals surface area contributed by atoms with Gasteiger partial charge in [-0.15, -0.1) is 6.58 Å². The first-order chi connectivity index (χ1) is 4.41. The van der Waals surface area contributed by atoms with Crippen LogP contribution in [0.5, 0.6) is 0 Å². The first kappa shape index (κ1) is 9.01. The predicted octanol–water partition coefficient (Wildman–Crippen LogP) is 1.36. The van der Waals surface area contributed by atoms with E-state index in [4.69, 9.17) is 4.55 Å². The Morgan fingerprint density at radius 2 is 2.44 bits per heavy atom. The topological polar surface area (TPSA) is 32.3 Å². The van der Waals surface area contributed by atoms with Gasteiger partial charge in [-0.1, -0.05) is 6.08 Å². The molecule has 0 heterocycles. The standard InChI is InChI=1S/C6H13NOS/c1-2-4-7-5-3-6-9-8/h2,7-8H,1,3-6H2. The fourth-order valence-electron chi connectivity index (χ4n) is 0.466. The second-order valence-corrected chi connectivity index (χ2v) is 2.35. The van der Waals surface area contributed by atoms with Crippen molar-refractivity contribution in [2.45, 2.75) is 6.42 Å². The quantitative estimate of drug-likeness (QED) is 0.338. The Balaban J connectivity index is 2.66. The minimum Gasteiger partial charge on any atom is -0.330 e. The van der Waals surface area contributed by atoms with E-state index in [0.29, 0.717) is 0 Å². The van der Waals surface area contributed by atoms with Crippen LogP contribution in [0.1, 0.15) is 6.42 Å². The van der Waals surface area contributed by atoms with Gasteiger partial charge in [-0.2, -0.15) is 0 Å². The fourth-order valence-corrected chi connectivity index (χ4v) is 0.739. The zero-order valence-corrected chi connectivity index (χ0v) is 6.28. The Bertz CT molecular complexity index is 68.1. The molecule has 0 amide bonds. The first-order valence-corrected chi connectivity index (χ1v) is 3.94. The highest BCUT2D eigenvalue weighted by Crippen LogP contribution is 1.91. The Kier molecular flexibility index (Phi) is 8.02. The van der Waals surface area contributed by atoms with Crippen molar-refractivity contribution in [1.29, 1.82) is 0 Å². The maximum atomic E-state index is 8.29. The molecule has 0 saturated heterocycles. The Hall–Kier alpha value is 0.01000. The van der Waals surface area contributed by atoms with E-state index in [-0.39, 0.29) is 0 Å². The molecule has 9 heavy (non-hydrogen) atoms. The van der Waals surface area contributed by atoms with Crippen LogP contribution in [-0.4, -0.2) is 23.4 Å². The summed E-state index contributed by atoms with van der Waals surface area (Å²) in [6.45, 7) is 5.38. The molecular weight excluding hydrogens is 134 g/mol. The third kappa shape index (κ3) is 8.01. The number of hydrogen-bond donors (Lipinski definition) is 2. The van der Waals surface area contributed by atoms with Crippen LogP contribution in [0, 0.1) is 0 Å². The van der Waals surface area contributed by atoms with Crippen molar-refractivity contribution in [1.82, 2.24) is 5.32 Å². The van der Waals surface area contributed by atoms with Crippen molar-refractivity contribution < 1.29 is 4.55 Å². The molecule has 0 rings (SSSR count). The minimum absolute atomic E-state index is 0.810. The lowest BCUT2D eigenvalue weighted by Crippen LogP contribution is -2.15. The number of rotatable bonds is 6. The summed E-state index contributed by atoms with van der Waals surface area (Å²) in [5.74, 6) is 0.810. The van der Waals surface area contributed by atoms with Crippen molar-refractivity contribution in [2.24, 2.45) is 0 Å². The van der Waals surface area contributed by atoms with E-state index in [1.807, 2.05) is 6.08 Å². The summed E-state index contributed by atoms with van der Waals surface area (Å²) >= 11 is 0.894. The Labute approximate surface area is 60.6 Å². The lowest BCUT2D eigenvalue weighted by Gasteiger charge is -1.97. The zero-order valence-electron chi connectivity index (χ0n) is 5.47. The summed E-state index contributed by atoms with van der Waals surface area (Å²) in [4.78, 5) is 0. The van der Waals surface area contributed by atoms with E-state index in [1.165, 1.54) is 0 Å². The summed E-state index contributed by atoms with van der Waals surface area (Å²) in [5.41, 5.74) is 0. The van der Waals surface area contributed by atoms with Gasteiger partial charge in [-0.25, -0.2) is 0 Å². The molecule has 0 spiro atoms.